The fraction of sp³-hybridized carbons (Fsp3) is 0.200. The number of hydrogen-bond acceptors (Lipinski definition) is 3. The van der Waals surface area contributed by atoms with Crippen LogP contribution in [0.25, 0.3) is 0 Å². The summed E-state index contributed by atoms with van der Waals surface area (Å²) in [5.41, 5.74) is 1.14. The number of benzene rings is 2. The third-order valence-electron chi connectivity index (χ3n) is 3.29. The van der Waals surface area contributed by atoms with Gasteiger partial charge in [-0.2, -0.15) is 0 Å². The number of methoxy groups -OCH3 is 1. The molecule has 0 radical (unpaired) electrons. The van der Waals surface area contributed by atoms with Gasteiger partial charge in [0.2, 0.25) is 0 Å². The Labute approximate surface area is 125 Å². The Kier molecular flexibility index (Phi) is 3.59. The molecule has 0 aromatic heterocycles. The first-order valence-electron chi connectivity index (χ1n) is 6.31. The predicted octanol–water partition coefficient (Wildman–Crippen LogP) is 4.17. The first-order valence-corrected chi connectivity index (χ1v) is 6.69. The zero-order chi connectivity index (χ0) is 15.0. The van der Waals surface area contributed by atoms with Gasteiger partial charge in [-0.3, -0.25) is 0 Å². The monoisotopic (exact) mass is 311 g/mol. The summed E-state index contributed by atoms with van der Waals surface area (Å²) in [4.78, 5) is 0. The summed E-state index contributed by atoms with van der Waals surface area (Å²) in [6.07, 6.45) is -0.416. The summed E-state index contributed by atoms with van der Waals surface area (Å²) in [5.74, 6) is -0.369. The average molecular weight is 312 g/mol. The Morgan fingerprint density at radius 1 is 1.29 bits per heavy atom. The Hall–Kier alpha value is -2.01. The van der Waals surface area contributed by atoms with Crippen molar-refractivity contribution in [2.45, 2.75) is 6.10 Å². The van der Waals surface area contributed by atoms with Gasteiger partial charge >= 0.3 is 0 Å². The van der Waals surface area contributed by atoms with Crippen LogP contribution in [-0.2, 0) is 0 Å². The first kappa shape index (κ1) is 13.9. The molecule has 0 fully saturated rings. The molecule has 110 valence electrons. The molecule has 2 aromatic carbocycles. The molecule has 1 heterocycles. The second-order valence-corrected chi connectivity index (χ2v) is 5.05. The lowest BCUT2D eigenvalue weighted by Crippen LogP contribution is -2.24. The fourth-order valence-electron chi connectivity index (χ4n) is 2.27. The zero-order valence-corrected chi connectivity index (χ0v) is 11.9. The predicted molar refractivity (Wildman–Crippen MR) is 76.2 cm³/mol. The summed E-state index contributed by atoms with van der Waals surface area (Å²) in [5, 5.41) is 3.21. The Bertz CT molecular complexity index is 694. The number of rotatable bonds is 2. The summed E-state index contributed by atoms with van der Waals surface area (Å²) in [7, 11) is 1.40. The molecule has 3 rings (SSSR count). The lowest BCUT2D eigenvalue weighted by Gasteiger charge is -2.28. The van der Waals surface area contributed by atoms with E-state index in [2.05, 4.69) is 5.32 Å². The summed E-state index contributed by atoms with van der Waals surface area (Å²) < 4.78 is 37.7. The maximum absolute atomic E-state index is 13.8. The van der Waals surface area contributed by atoms with Crippen LogP contribution in [0.1, 0.15) is 11.7 Å². The van der Waals surface area contributed by atoms with E-state index in [4.69, 9.17) is 21.1 Å². The smallest absolute Gasteiger partial charge is 0.165 e. The molecule has 0 amide bonds. The van der Waals surface area contributed by atoms with E-state index in [1.807, 2.05) is 0 Å². The molecule has 1 atom stereocenters. The van der Waals surface area contributed by atoms with Gasteiger partial charge < -0.3 is 14.8 Å². The van der Waals surface area contributed by atoms with Crippen LogP contribution in [-0.4, -0.2) is 13.7 Å². The van der Waals surface area contributed by atoms with Gasteiger partial charge in [-0.1, -0.05) is 17.7 Å². The molecule has 1 N–H and O–H groups in total. The van der Waals surface area contributed by atoms with E-state index in [1.165, 1.54) is 31.4 Å². The van der Waals surface area contributed by atoms with Crippen molar-refractivity contribution in [1.29, 1.82) is 0 Å². The first-order chi connectivity index (χ1) is 10.1. The van der Waals surface area contributed by atoms with Gasteiger partial charge in [0.05, 0.1) is 24.4 Å². The second-order valence-electron chi connectivity index (χ2n) is 4.65. The highest BCUT2D eigenvalue weighted by atomic mass is 35.5. The quantitative estimate of drug-likeness (QED) is 0.903. The maximum atomic E-state index is 13.8. The van der Waals surface area contributed by atoms with Crippen LogP contribution >= 0.6 is 11.6 Å². The van der Waals surface area contributed by atoms with Gasteiger partial charge in [0.1, 0.15) is 11.9 Å². The summed E-state index contributed by atoms with van der Waals surface area (Å²) >= 11 is 5.98. The minimum atomic E-state index is -0.463. The van der Waals surface area contributed by atoms with Crippen molar-refractivity contribution < 1.29 is 18.3 Å². The third-order valence-corrected chi connectivity index (χ3v) is 3.57. The zero-order valence-electron chi connectivity index (χ0n) is 11.1. The second kappa shape index (κ2) is 5.41. The molecular weight excluding hydrogens is 300 g/mol. The van der Waals surface area contributed by atoms with E-state index in [9.17, 15) is 8.78 Å². The number of halogens is 3. The van der Waals surface area contributed by atoms with Crippen molar-refractivity contribution >= 4 is 17.3 Å². The standard InChI is InChI=1S/C15H12ClF2NO2/c1-20-13-3-2-8(4-11(13)18)14-7-19-12-6-9(17)5-10(16)15(12)21-14/h2-6,14,19H,7H2,1H3. The number of fused-ring (bicyclic) bond motifs is 1. The van der Waals surface area contributed by atoms with Crippen molar-refractivity contribution in [2.24, 2.45) is 0 Å². The third kappa shape index (κ3) is 2.61. The molecule has 0 bridgehead atoms. The van der Waals surface area contributed by atoms with Crippen LogP contribution in [0.15, 0.2) is 30.3 Å². The molecule has 3 nitrogen and oxygen atoms in total. The van der Waals surface area contributed by atoms with Gasteiger partial charge in [-0.05, 0) is 23.8 Å². The largest absolute Gasteiger partial charge is 0.494 e. The average Bonchev–Trinajstić information content (AvgIpc) is 2.46. The highest BCUT2D eigenvalue weighted by Crippen LogP contribution is 2.40. The SMILES string of the molecule is COc1ccc(C2CNc3cc(F)cc(Cl)c3O2)cc1F. The molecule has 2 aromatic rings. The molecular formula is C15H12ClF2NO2. The number of nitrogens with one attached hydrogen (secondary N) is 1. The maximum Gasteiger partial charge on any atom is 0.165 e. The molecule has 0 aliphatic carbocycles. The van der Waals surface area contributed by atoms with Crippen LogP contribution in [0.5, 0.6) is 11.5 Å². The van der Waals surface area contributed by atoms with Crippen LogP contribution in [0.2, 0.25) is 5.02 Å². The van der Waals surface area contributed by atoms with Crippen LogP contribution in [0, 0.1) is 11.6 Å². The van der Waals surface area contributed by atoms with E-state index >= 15 is 0 Å². The van der Waals surface area contributed by atoms with E-state index < -0.39 is 17.7 Å². The van der Waals surface area contributed by atoms with E-state index in [-0.39, 0.29) is 10.8 Å². The van der Waals surface area contributed by atoms with Crippen molar-refractivity contribution in [3.05, 3.63) is 52.6 Å². The lowest BCUT2D eigenvalue weighted by molar-refractivity contribution is 0.209. The molecule has 6 heteroatoms. The van der Waals surface area contributed by atoms with Crippen LogP contribution < -0.4 is 14.8 Å². The Morgan fingerprint density at radius 3 is 2.81 bits per heavy atom. The fourth-order valence-corrected chi connectivity index (χ4v) is 2.52. The van der Waals surface area contributed by atoms with Crippen LogP contribution in [0.3, 0.4) is 0 Å². The van der Waals surface area contributed by atoms with Gasteiger partial charge in [-0.15, -0.1) is 0 Å². The molecule has 0 saturated carbocycles. The minimum absolute atomic E-state index is 0.169. The number of ether oxygens (including phenoxy) is 2. The Balaban J connectivity index is 1.91. The van der Waals surface area contributed by atoms with Crippen molar-refractivity contribution in [1.82, 2.24) is 0 Å². The topological polar surface area (TPSA) is 30.5 Å². The number of hydrogen-bond donors (Lipinski definition) is 1. The van der Waals surface area contributed by atoms with Crippen molar-refractivity contribution in [3.8, 4) is 11.5 Å². The number of anilines is 1. The van der Waals surface area contributed by atoms with E-state index in [1.54, 1.807) is 6.07 Å². The molecule has 1 aliphatic rings. The van der Waals surface area contributed by atoms with Gasteiger partial charge in [0, 0.05) is 6.07 Å². The molecule has 0 spiro atoms. The summed E-state index contributed by atoms with van der Waals surface area (Å²) in [6, 6.07) is 7.10. The minimum Gasteiger partial charge on any atom is -0.494 e. The van der Waals surface area contributed by atoms with Crippen molar-refractivity contribution in [3.63, 3.8) is 0 Å². The normalized spacial score (nSPS) is 16.7. The van der Waals surface area contributed by atoms with Gasteiger partial charge in [0.15, 0.2) is 17.3 Å². The summed E-state index contributed by atoms with van der Waals surface area (Å²) in [6.45, 7) is 0.387. The van der Waals surface area contributed by atoms with Crippen LogP contribution in [0.4, 0.5) is 14.5 Å². The highest BCUT2D eigenvalue weighted by Gasteiger charge is 2.24. The van der Waals surface area contributed by atoms with Gasteiger partial charge in [0.25, 0.3) is 0 Å². The van der Waals surface area contributed by atoms with E-state index in [0.717, 1.165) is 0 Å². The Morgan fingerprint density at radius 2 is 2.10 bits per heavy atom. The molecule has 1 unspecified atom stereocenters. The molecule has 0 saturated heterocycles. The van der Waals surface area contributed by atoms with Crippen molar-refractivity contribution in [2.75, 3.05) is 19.0 Å². The lowest BCUT2D eigenvalue weighted by atomic mass is 10.1. The molecule has 1 aliphatic heterocycles. The molecule has 21 heavy (non-hydrogen) atoms. The highest BCUT2D eigenvalue weighted by molar-refractivity contribution is 6.32. The van der Waals surface area contributed by atoms with E-state index in [0.29, 0.717) is 23.5 Å². The van der Waals surface area contributed by atoms with Gasteiger partial charge in [-0.25, -0.2) is 8.78 Å².